The number of ether oxygens (including phenoxy) is 2. The van der Waals surface area contributed by atoms with E-state index in [4.69, 9.17) is 9.47 Å². The van der Waals surface area contributed by atoms with E-state index in [9.17, 15) is 4.39 Å². The topological polar surface area (TPSA) is 18.5 Å². The second kappa shape index (κ2) is 6.76. The molecule has 0 aliphatic rings. The Labute approximate surface area is 100 Å². The summed E-state index contributed by atoms with van der Waals surface area (Å²) in [5.41, 5.74) is 0.976. The minimum atomic E-state index is -0.311. The minimum absolute atomic E-state index is 0.286. The molecule has 0 amide bonds. The number of thioether (sulfide) groups is 1. The van der Waals surface area contributed by atoms with Gasteiger partial charge in [-0.25, -0.2) is 4.39 Å². The summed E-state index contributed by atoms with van der Waals surface area (Å²) in [6, 6.07) is 5.10. The maximum atomic E-state index is 13.6. The average Bonchev–Trinajstić information content (AvgIpc) is 2.30. The van der Waals surface area contributed by atoms with E-state index < -0.39 is 0 Å². The zero-order valence-corrected chi connectivity index (χ0v) is 10.6. The lowest BCUT2D eigenvalue weighted by atomic mass is 10.1. The Balaban J connectivity index is 2.67. The van der Waals surface area contributed by atoms with Crippen LogP contribution in [-0.4, -0.2) is 26.6 Å². The third kappa shape index (κ3) is 3.68. The lowest BCUT2D eigenvalue weighted by Crippen LogP contribution is -2.05. The molecule has 0 heterocycles. The smallest absolute Gasteiger partial charge is 0.165 e. The molecule has 0 saturated carbocycles. The Morgan fingerprint density at radius 2 is 2.12 bits per heavy atom. The van der Waals surface area contributed by atoms with Gasteiger partial charge in [-0.2, -0.15) is 11.8 Å². The van der Waals surface area contributed by atoms with Gasteiger partial charge in [-0.05, 0) is 30.9 Å². The van der Waals surface area contributed by atoms with Crippen molar-refractivity contribution in [3.8, 4) is 5.75 Å². The third-order valence-electron chi connectivity index (χ3n) is 2.32. The Morgan fingerprint density at radius 1 is 1.38 bits per heavy atom. The maximum Gasteiger partial charge on any atom is 0.165 e. The second-order valence-corrected chi connectivity index (χ2v) is 4.59. The molecule has 16 heavy (non-hydrogen) atoms. The first-order valence-electron chi connectivity index (χ1n) is 5.13. The predicted octanol–water partition coefficient (Wildman–Crippen LogP) is 3.27. The molecule has 0 spiro atoms. The molecule has 90 valence electrons. The van der Waals surface area contributed by atoms with Gasteiger partial charge >= 0.3 is 0 Å². The van der Waals surface area contributed by atoms with Crippen LogP contribution in [-0.2, 0) is 4.74 Å². The lowest BCUT2D eigenvalue weighted by Gasteiger charge is -2.11. The Morgan fingerprint density at radius 3 is 2.69 bits per heavy atom. The lowest BCUT2D eigenvalue weighted by molar-refractivity contribution is 0.144. The number of rotatable bonds is 6. The molecule has 0 aromatic heterocycles. The molecule has 0 N–H and O–H groups in total. The normalized spacial score (nSPS) is 12.5. The molecule has 0 bridgehead atoms. The van der Waals surface area contributed by atoms with Gasteiger partial charge in [-0.1, -0.05) is 6.07 Å². The molecule has 0 aliphatic heterocycles. The van der Waals surface area contributed by atoms with Crippen LogP contribution in [0.5, 0.6) is 5.75 Å². The van der Waals surface area contributed by atoms with Gasteiger partial charge in [0.05, 0.1) is 6.61 Å². The quantitative estimate of drug-likeness (QED) is 0.715. The molecule has 1 atom stereocenters. The molecule has 4 heteroatoms. The second-order valence-electron chi connectivity index (χ2n) is 3.41. The van der Waals surface area contributed by atoms with Gasteiger partial charge in [0.2, 0.25) is 0 Å². The summed E-state index contributed by atoms with van der Waals surface area (Å²) < 4.78 is 23.7. The molecule has 1 aromatic carbocycles. The molecule has 0 fully saturated rings. The van der Waals surface area contributed by atoms with Crippen LogP contribution in [0.1, 0.15) is 17.7 Å². The number of hydrogen-bond acceptors (Lipinski definition) is 3. The summed E-state index contributed by atoms with van der Waals surface area (Å²) in [7, 11) is 1.59. The van der Waals surface area contributed by atoms with Crippen LogP contribution in [0.4, 0.5) is 4.39 Å². The highest BCUT2D eigenvalue weighted by molar-refractivity contribution is 7.98. The van der Waals surface area contributed by atoms with Crippen molar-refractivity contribution < 1.29 is 13.9 Å². The van der Waals surface area contributed by atoms with Crippen molar-refractivity contribution >= 4 is 11.8 Å². The highest BCUT2D eigenvalue weighted by atomic mass is 32.2. The van der Waals surface area contributed by atoms with Gasteiger partial charge in [0.25, 0.3) is 0 Å². The minimum Gasteiger partial charge on any atom is -0.488 e. The highest BCUT2D eigenvalue weighted by Gasteiger charge is 2.08. The van der Waals surface area contributed by atoms with Crippen molar-refractivity contribution in [3.63, 3.8) is 0 Å². The van der Waals surface area contributed by atoms with Crippen LogP contribution in [0.25, 0.3) is 0 Å². The highest BCUT2D eigenvalue weighted by Crippen LogP contribution is 2.28. The zero-order valence-electron chi connectivity index (χ0n) is 9.83. The summed E-state index contributed by atoms with van der Waals surface area (Å²) in [5, 5.41) is 0.294. The summed E-state index contributed by atoms with van der Waals surface area (Å²) >= 11 is 1.69. The van der Waals surface area contributed by atoms with Gasteiger partial charge in [-0.15, -0.1) is 0 Å². The summed E-state index contributed by atoms with van der Waals surface area (Å²) in [4.78, 5) is 0. The van der Waals surface area contributed by atoms with E-state index in [1.807, 2.05) is 19.2 Å². The number of halogens is 1. The molecule has 2 nitrogen and oxygen atoms in total. The molecular formula is C12H17FO2S. The Bertz CT molecular complexity index is 331. The number of methoxy groups -OCH3 is 1. The van der Waals surface area contributed by atoms with E-state index in [2.05, 4.69) is 0 Å². The monoisotopic (exact) mass is 244 g/mol. The summed E-state index contributed by atoms with van der Waals surface area (Å²) in [6.45, 7) is 2.87. The maximum absolute atomic E-state index is 13.6. The van der Waals surface area contributed by atoms with E-state index in [1.165, 1.54) is 6.07 Å². The predicted molar refractivity (Wildman–Crippen MR) is 65.7 cm³/mol. The Hall–Kier alpha value is -0.740. The molecule has 1 aromatic rings. The van der Waals surface area contributed by atoms with E-state index >= 15 is 0 Å². The van der Waals surface area contributed by atoms with Crippen molar-refractivity contribution in [1.82, 2.24) is 0 Å². The molecule has 0 radical (unpaired) electrons. The molecule has 0 saturated heterocycles. The zero-order chi connectivity index (χ0) is 12.0. The van der Waals surface area contributed by atoms with E-state index in [1.54, 1.807) is 24.9 Å². The molecule has 1 rings (SSSR count). The SMILES string of the molecule is COCCOc1ccc(C(C)SC)cc1F. The third-order valence-corrected chi connectivity index (χ3v) is 3.30. The van der Waals surface area contributed by atoms with Gasteiger partial charge in [-0.3, -0.25) is 0 Å². The van der Waals surface area contributed by atoms with E-state index in [0.717, 1.165) is 5.56 Å². The van der Waals surface area contributed by atoms with Crippen LogP contribution in [0, 0.1) is 5.82 Å². The molecule has 0 aliphatic carbocycles. The van der Waals surface area contributed by atoms with E-state index in [-0.39, 0.29) is 11.6 Å². The molecular weight excluding hydrogens is 227 g/mol. The van der Waals surface area contributed by atoms with Gasteiger partial charge in [0.15, 0.2) is 11.6 Å². The largest absolute Gasteiger partial charge is 0.488 e. The van der Waals surface area contributed by atoms with Crippen LogP contribution < -0.4 is 4.74 Å². The first kappa shape index (κ1) is 13.3. The van der Waals surface area contributed by atoms with Crippen molar-refractivity contribution in [2.45, 2.75) is 12.2 Å². The van der Waals surface area contributed by atoms with Crippen molar-refractivity contribution in [1.29, 1.82) is 0 Å². The van der Waals surface area contributed by atoms with Gasteiger partial charge < -0.3 is 9.47 Å². The van der Waals surface area contributed by atoms with Gasteiger partial charge in [0.1, 0.15) is 6.61 Å². The Kier molecular flexibility index (Phi) is 5.63. The van der Waals surface area contributed by atoms with Crippen LogP contribution in [0.2, 0.25) is 0 Å². The van der Waals surface area contributed by atoms with Crippen molar-refractivity contribution in [2.24, 2.45) is 0 Å². The first-order chi connectivity index (χ1) is 7.69. The summed E-state index contributed by atoms with van der Waals surface area (Å²) in [6.07, 6.45) is 2.01. The van der Waals surface area contributed by atoms with Gasteiger partial charge in [0, 0.05) is 12.4 Å². The van der Waals surface area contributed by atoms with Crippen LogP contribution in [0.15, 0.2) is 18.2 Å². The average molecular weight is 244 g/mol. The number of benzene rings is 1. The first-order valence-corrected chi connectivity index (χ1v) is 6.41. The van der Waals surface area contributed by atoms with Crippen molar-refractivity contribution in [2.75, 3.05) is 26.6 Å². The molecule has 1 unspecified atom stereocenters. The fourth-order valence-electron chi connectivity index (χ4n) is 1.26. The van der Waals surface area contributed by atoms with E-state index in [0.29, 0.717) is 18.5 Å². The standard InChI is InChI=1S/C12H17FO2S/c1-9(16-3)10-4-5-12(11(13)8-10)15-7-6-14-2/h4-5,8-9H,6-7H2,1-3H3. The number of hydrogen-bond donors (Lipinski definition) is 0. The fraction of sp³-hybridized carbons (Fsp3) is 0.500. The fourth-order valence-corrected chi connectivity index (χ4v) is 1.68. The van der Waals surface area contributed by atoms with Crippen molar-refractivity contribution in [3.05, 3.63) is 29.6 Å². The summed E-state index contributed by atoms with van der Waals surface area (Å²) in [5.74, 6) is -0.0244. The van der Waals surface area contributed by atoms with Crippen LogP contribution >= 0.6 is 11.8 Å². The van der Waals surface area contributed by atoms with Crippen LogP contribution in [0.3, 0.4) is 0 Å².